The van der Waals surface area contributed by atoms with Crippen molar-refractivity contribution in [1.82, 2.24) is 10.6 Å². The molecule has 0 heterocycles. The van der Waals surface area contributed by atoms with Crippen LogP contribution < -0.4 is 10.6 Å². The fourth-order valence-corrected chi connectivity index (χ4v) is 0.898. The minimum Gasteiger partial charge on any atom is -0.450 e. The maximum atomic E-state index is 10.8. The van der Waals surface area contributed by atoms with E-state index in [-0.39, 0.29) is 23.9 Å². The minimum absolute atomic E-state index is 0. The molecule has 0 aliphatic carbocycles. The number of carbonyl (C=O) groups is 1. The third kappa shape index (κ3) is 13.5. The first kappa shape index (κ1) is 16.9. The molecule has 0 unspecified atom stereocenters. The normalized spacial score (nSPS) is 10.4. The molecule has 4 nitrogen and oxygen atoms in total. The Balaban J connectivity index is 0. The van der Waals surface area contributed by atoms with Crippen molar-refractivity contribution in [3.05, 3.63) is 0 Å². The van der Waals surface area contributed by atoms with Gasteiger partial charge < -0.3 is 15.4 Å². The van der Waals surface area contributed by atoms with Gasteiger partial charge in [0.2, 0.25) is 0 Å². The molecule has 0 aliphatic rings. The van der Waals surface area contributed by atoms with Crippen LogP contribution >= 0.6 is 12.4 Å². The zero-order chi connectivity index (χ0) is 11.0. The van der Waals surface area contributed by atoms with Gasteiger partial charge in [0.05, 0.1) is 6.61 Å². The lowest BCUT2D eigenvalue weighted by Gasteiger charge is -2.18. The van der Waals surface area contributed by atoms with Crippen molar-refractivity contribution in [1.29, 1.82) is 0 Å². The molecule has 0 radical (unpaired) electrons. The highest BCUT2D eigenvalue weighted by Crippen LogP contribution is 2.09. The van der Waals surface area contributed by atoms with Crippen molar-refractivity contribution < 1.29 is 9.53 Å². The molecule has 0 aliphatic heterocycles. The molecule has 2 N–H and O–H groups in total. The molecule has 0 aromatic carbocycles. The van der Waals surface area contributed by atoms with Gasteiger partial charge in [0, 0.05) is 19.6 Å². The van der Waals surface area contributed by atoms with Crippen LogP contribution in [0, 0.1) is 5.41 Å². The van der Waals surface area contributed by atoms with Gasteiger partial charge in [0.25, 0.3) is 0 Å². The fraction of sp³-hybridized carbons (Fsp3) is 0.900. The SMILES string of the molecule is CCOC(=O)NCCNCC(C)(C)C.Cl. The van der Waals surface area contributed by atoms with Gasteiger partial charge in [-0.25, -0.2) is 4.79 Å². The van der Waals surface area contributed by atoms with E-state index in [0.29, 0.717) is 13.2 Å². The summed E-state index contributed by atoms with van der Waals surface area (Å²) in [6.45, 7) is 11.0. The highest BCUT2D eigenvalue weighted by Gasteiger charge is 2.08. The molecule has 0 rings (SSSR count). The molecule has 0 spiro atoms. The van der Waals surface area contributed by atoms with Crippen molar-refractivity contribution in [2.24, 2.45) is 5.41 Å². The summed E-state index contributed by atoms with van der Waals surface area (Å²) >= 11 is 0. The maximum absolute atomic E-state index is 10.8. The van der Waals surface area contributed by atoms with Gasteiger partial charge in [0.1, 0.15) is 0 Å². The van der Waals surface area contributed by atoms with E-state index in [0.717, 1.165) is 13.1 Å². The molecule has 0 aromatic heterocycles. The van der Waals surface area contributed by atoms with Gasteiger partial charge in [0.15, 0.2) is 0 Å². The molecular weight excluding hydrogens is 216 g/mol. The smallest absolute Gasteiger partial charge is 0.407 e. The minimum atomic E-state index is -0.343. The topological polar surface area (TPSA) is 50.4 Å². The third-order valence-electron chi connectivity index (χ3n) is 1.50. The van der Waals surface area contributed by atoms with Crippen molar-refractivity contribution in [2.75, 3.05) is 26.2 Å². The van der Waals surface area contributed by atoms with Crippen LogP contribution in [0.2, 0.25) is 0 Å². The Bertz CT molecular complexity index is 169. The number of nitrogens with one attached hydrogen (secondary N) is 2. The van der Waals surface area contributed by atoms with Gasteiger partial charge in [-0.1, -0.05) is 20.8 Å². The highest BCUT2D eigenvalue weighted by molar-refractivity contribution is 5.85. The number of hydrogen-bond donors (Lipinski definition) is 2. The average molecular weight is 239 g/mol. The molecule has 5 heteroatoms. The summed E-state index contributed by atoms with van der Waals surface area (Å²) in [5, 5.41) is 5.90. The lowest BCUT2D eigenvalue weighted by atomic mass is 9.97. The summed E-state index contributed by atoms with van der Waals surface area (Å²) < 4.78 is 4.71. The predicted octanol–water partition coefficient (Wildman–Crippen LogP) is 1.79. The van der Waals surface area contributed by atoms with E-state index in [1.165, 1.54) is 0 Å². The van der Waals surface area contributed by atoms with Crippen LogP contribution in [0.1, 0.15) is 27.7 Å². The van der Waals surface area contributed by atoms with Gasteiger partial charge in [-0.3, -0.25) is 0 Å². The van der Waals surface area contributed by atoms with E-state index in [1.54, 1.807) is 6.92 Å². The molecule has 0 saturated heterocycles. The average Bonchev–Trinajstić information content (AvgIpc) is 2.02. The summed E-state index contributed by atoms with van der Waals surface area (Å²) in [4.78, 5) is 10.8. The van der Waals surface area contributed by atoms with E-state index in [1.807, 2.05) is 0 Å². The lowest BCUT2D eigenvalue weighted by Crippen LogP contribution is -2.35. The summed E-state index contributed by atoms with van der Waals surface area (Å²) in [7, 11) is 0. The second-order valence-corrected chi connectivity index (χ2v) is 4.38. The number of halogens is 1. The van der Waals surface area contributed by atoms with Crippen LogP contribution in [0.4, 0.5) is 4.79 Å². The molecule has 1 amide bonds. The fourth-order valence-electron chi connectivity index (χ4n) is 0.898. The first-order chi connectivity index (χ1) is 6.45. The lowest BCUT2D eigenvalue weighted by molar-refractivity contribution is 0.152. The Kier molecular flexibility index (Phi) is 9.93. The van der Waals surface area contributed by atoms with Crippen LogP contribution in [0.5, 0.6) is 0 Å². The molecule has 0 aromatic rings. The zero-order valence-electron chi connectivity index (χ0n) is 10.1. The molecule has 92 valence electrons. The molecule has 0 fully saturated rings. The van der Waals surface area contributed by atoms with Crippen molar-refractivity contribution >= 4 is 18.5 Å². The number of hydrogen-bond acceptors (Lipinski definition) is 3. The van der Waals surface area contributed by atoms with Crippen LogP contribution in [0.25, 0.3) is 0 Å². The van der Waals surface area contributed by atoms with E-state index in [2.05, 4.69) is 31.4 Å². The molecule has 0 atom stereocenters. The van der Waals surface area contributed by atoms with Gasteiger partial charge in [-0.05, 0) is 12.3 Å². The van der Waals surface area contributed by atoms with Gasteiger partial charge >= 0.3 is 6.09 Å². The van der Waals surface area contributed by atoms with Crippen molar-refractivity contribution in [2.45, 2.75) is 27.7 Å². The highest BCUT2D eigenvalue weighted by atomic mass is 35.5. The van der Waals surface area contributed by atoms with Crippen LogP contribution in [0.3, 0.4) is 0 Å². The first-order valence-corrected chi connectivity index (χ1v) is 5.07. The van der Waals surface area contributed by atoms with Crippen LogP contribution in [0.15, 0.2) is 0 Å². The van der Waals surface area contributed by atoms with Crippen molar-refractivity contribution in [3.8, 4) is 0 Å². The van der Waals surface area contributed by atoms with E-state index in [4.69, 9.17) is 4.74 Å². The maximum Gasteiger partial charge on any atom is 0.407 e. The van der Waals surface area contributed by atoms with E-state index in [9.17, 15) is 4.79 Å². The van der Waals surface area contributed by atoms with Crippen molar-refractivity contribution in [3.63, 3.8) is 0 Å². The van der Waals surface area contributed by atoms with Gasteiger partial charge in [-0.2, -0.15) is 0 Å². The largest absolute Gasteiger partial charge is 0.450 e. The van der Waals surface area contributed by atoms with Crippen LogP contribution in [-0.4, -0.2) is 32.3 Å². The Hall–Kier alpha value is -0.480. The third-order valence-corrected chi connectivity index (χ3v) is 1.50. The predicted molar refractivity (Wildman–Crippen MR) is 64.6 cm³/mol. The molecule has 0 saturated carbocycles. The Labute approximate surface area is 98.6 Å². The van der Waals surface area contributed by atoms with E-state index >= 15 is 0 Å². The second kappa shape index (κ2) is 8.80. The summed E-state index contributed by atoms with van der Waals surface area (Å²) in [6.07, 6.45) is -0.343. The Morgan fingerprint density at radius 2 is 1.87 bits per heavy atom. The summed E-state index contributed by atoms with van der Waals surface area (Å²) in [6, 6.07) is 0. The Morgan fingerprint density at radius 3 is 2.33 bits per heavy atom. The summed E-state index contributed by atoms with van der Waals surface area (Å²) in [5.41, 5.74) is 0.282. The standard InChI is InChI=1S/C10H22N2O2.ClH/c1-5-14-9(13)12-7-6-11-8-10(2,3)4;/h11H,5-8H2,1-4H3,(H,12,13);1H. The van der Waals surface area contributed by atoms with Crippen LogP contribution in [-0.2, 0) is 4.74 Å². The first-order valence-electron chi connectivity index (χ1n) is 5.07. The number of amides is 1. The number of rotatable bonds is 5. The molecular formula is C10H23ClN2O2. The quantitative estimate of drug-likeness (QED) is 0.718. The molecule has 0 bridgehead atoms. The number of carbonyl (C=O) groups excluding carboxylic acids is 1. The monoisotopic (exact) mass is 238 g/mol. The number of alkyl carbamates (subject to hydrolysis) is 1. The molecule has 15 heavy (non-hydrogen) atoms. The zero-order valence-corrected chi connectivity index (χ0v) is 10.9. The number of ether oxygens (including phenoxy) is 1. The van der Waals surface area contributed by atoms with Gasteiger partial charge in [-0.15, -0.1) is 12.4 Å². The summed E-state index contributed by atoms with van der Waals surface area (Å²) in [5.74, 6) is 0. The Morgan fingerprint density at radius 1 is 1.27 bits per heavy atom. The second-order valence-electron chi connectivity index (χ2n) is 4.38. The van der Waals surface area contributed by atoms with E-state index < -0.39 is 0 Å².